The van der Waals surface area contributed by atoms with Crippen LogP contribution in [0.3, 0.4) is 0 Å². The first kappa shape index (κ1) is 17.0. The molecule has 3 aromatic rings. The summed E-state index contributed by atoms with van der Waals surface area (Å²) in [5.74, 6) is 0.971. The molecule has 1 aromatic heterocycles. The second kappa shape index (κ2) is 7.86. The molecule has 1 amide bonds. The summed E-state index contributed by atoms with van der Waals surface area (Å²) < 4.78 is 5.75. The van der Waals surface area contributed by atoms with Gasteiger partial charge in [0, 0.05) is 17.9 Å². The van der Waals surface area contributed by atoms with Crippen molar-refractivity contribution in [3.8, 4) is 5.75 Å². The maximum Gasteiger partial charge on any atom is 0.274 e. The molecular formula is C21H20N4O2. The van der Waals surface area contributed by atoms with Crippen molar-refractivity contribution < 1.29 is 9.53 Å². The topological polar surface area (TPSA) is 76.1 Å². The monoisotopic (exact) mass is 360 g/mol. The van der Waals surface area contributed by atoms with Gasteiger partial charge in [-0.25, -0.2) is 9.97 Å². The average Bonchev–Trinajstić information content (AvgIpc) is 3.52. The lowest BCUT2D eigenvalue weighted by atomic mass is 10.2. The van der Waals surface area contributed by atoms with Crippen molar-refractivity contribution in [2.24, 2.45) is 0 Å². The van der Waals surface area contributed by atoms with Gasteiger partial charge in [0.1, 0.15) is 18.1 Å². The van der Waals surface area contributed by atoms with Crippen LogP contribution in [0.2, 0.25) is 0 Å². The van der Waals surface area contributed by atoms with Crippen molar-refractivity contribution >= 4 is 17.5 Å². The summed E-state index contributed by atoms with van der Waals surface area (Å²) in [6.07, 6.45) is 3.84. The largest absolute Gasteiger partial charge is 0.489 e. The number of anilines is 2. The van der Waals surface area contributed by atoms with E-state index in [2.05, 4.69) is 20.6 Å². The normalized spacial score (nSPS) is 13.0. The molecule has 0 aliphatic heterocycles. The number of carbonyl (C=O) groups excluding carboxylic acids is 1. The number of amides is 1. The summed E-state index contributed by atoms with van der Waals surface area (Å²) in [5, 5.41) is 6.03. The fourth-order valence-electron chi connectivity index (χ4n) is 2.54. The molecule has 2 N–H and O–H groups in total. The third-order valence-corrected chi connectivity index (χ3v) is 4.16. The number of rotatable bonds is 7. The number of hydrogen-bond acceptors (Lipinski definition) is 5. The molecule has 27 heavy (non-hydrogen) atoms. The van der Waals surface area contributed by atoms with Gasteiger partial charge in [0.05, 0.1) is 0 Å². The number of aromatic nitrogens is 2. The molecule has 0 spiro atoms. The molecule has 1 fully saturated rings. The molecule has 1 aliphatic rings. The number of nitrogens with one attached hydrogen (secondary N) is 2. The molecular weight excluding hydrogens is 340 g/mol. The average molecular weight is 360 g/mol. The van der Waals surface area contributed by atoms with Gasteiger partial charge in [-0.1, -0.05) is 30.3 Å². The minimum Gasteiger partial charge on any atom is -0.489 e. The second-order valence-electron chi connectivity index (χ2n) is 6.44. The first-order chi connectivity index (χ1) is 13.3. The van der Waals surface area contributed by atoms with Crippen LogP contribution in [0.4, 0.5) is 11.6 Å². The number of nitrogens with zero attached hydrogens (tertiary/aromatic N) is 2. The highest BCUT2D eigenvalue weighted by Crippen LogP contribution is 2.23. The van der Waals surface area contributed by atoms with Crippen molar-refractivity contribution in [2.75, 3.05) is 10.6 Å². The van der Waals surface area contributed by atoms with Gasteiger partial charge in [-0.2, -0.15) is 0 Å². The van der Waals surface area contributed by atoms with Crippen LogP contribution in [-0.2, 0) is 6.61 Å². The number of hydrogen-bond donors (Lipinski definition) is 2. The first-order valence-corrected chi connectivity index (χ1v) is 8.94. The van der Waals surface area contributed by atoms with Crippen molar-refractivity contribution in [2.45, 2.75) is 25.5 Å². The predicted octanol–water partition coefficient (Wildman–Crippen LogP) is 3.88. The predicted molar refractivity (Wildman–Crippen MR) is 104 cm³/mol. The number of ether oxygens (including phenoxy) is 1. The summed E-state index contributed by atoms with van der Waals surface area (Å²) in [5.41, 5.74) is 2.12. The smallest absolute Gasteiger partial charge is 0.274 e. The first-order valence-electron chi connectivity index (χ1n) is 8.94. The van der Waals surface area contributed by atoms with E-state index in [0.29, 0.717) is 30.0 Å². The van der Waals surface area contributed by atoms with Gasteiger partial charge in [-0.3, -0.25) is 4.79 Å². The Morgan fingerprint density at radius 2 is 1.81 bits per heavy atom. The highest BCUT2D eigenvalue weighted by atomic mass is 16.5. The van der Waals surface area contributed by atoms with Crippen LogP contribution in [0.15, 0.2) is 66.9 Å². The van der Waals surface area contributed by atoms with E-state index in [1.807, 2.05) is 54.6 Å². The van der Waals surface area contributed by atoms with Gasteiger partial charge in [-0.15, -0.1) is 0 Å². The lowest BCUT2D eigenvalue weighted by Crippen LogP contribution is -2.15. The Morgan fingerprint density at radius 1 is 1.04 bits per heavy atom. The van der Waals surface area contributed by atoms with Crippen LogP contribution in [0.25, 0.3) is 0 Å². The summed E-state index contributed by atoms with van der Waals surface area (Å²) in [7, 11) is 0. The summed E-state index contributed by atoms with van der Waals surface area (Å²) in [6, 6.07) is 19.3. The second-order valence-corrected chi connectivity index (χ2v) is 6.44. The molecule has 0 bridgehead atoms. The maximum absolute atomic E-state index is 12.4. The SMILES string of the molecule is O=C(Nc1ccc(OCc2ccccc2)cc1)c1ccnc(NC2CC2)n1. The highest BCUT2D eigenvalue weighted by Gasteiger charge is 2.22. The fraction of sp³-hybridized carbons (Fsp3) is 0.190. The fourth-order valence-corrected chi connectivity index (χ4v) is 2.54. The van der Waals surface area contributed by atoms with Gasteiger partial charge in [-0.05, 0) is 48.7 Å². The molecule has 6 nitrogen and oxygen atoms in total. The van der Waals surface area contributed by atoms with Crippen LogP contribution < -0.4 is 15.4 Å². The molecule has 0 atom stereocenters. The minimum atomic E-state index is -0.269. The Labute approximate surface area is 157 Å². The Bertz CT molecular complexity index is 909. The van der Waals surface area contributed by atoms with Gasteiger partial charge in [0.25, 0.3) is 5.91 Å². The van der Waals surface area contributed by atoms with E-state index >= 15 is 0 Å². The van der Waals surface area contributed by atoms with Crippen LogP contribution in [0.1, 0.15) is 28.9 Å². The Morgan fingerprint density at radius 3 is 2.56 bits per heavy atom. The molecule has 1 heterocycles. The van der Waals surface area contributed by atoms with E-state index in [0.717, 1.165) is 24.2 Å². The van der Waals surface area contributed by atoms with E-state index in [4.69, 9.17) is 4.74 Å². The third-order valence-electron chi connectivity index (χ3n) is 4.16. The van der Waals surface area contributed by atoms with E-state index in [1.54, 1.807) is 12.3 Å². The van der Waals surface area contributed by atoms with E-state index in [1.165, 1.54) is 0 Å². The quantitative estimate of drug-likeness (QED) is 0.669. The molecule has 6 heteroatoms. The highest BCUT2D eigenvalue weighted by molar-refractivity contribution is 6.02. The lowest BCUT2D eigenvalue weighted by Gasteiger charge is -2.09. The summed E-state index contributed by atoms with van der Waals surface area (Å²) in [4.78, 5) is 20.8. The molecule has 0 radical (unpaired) electrons. The number of benzene rings is 2. The molecule has 1 aliphatic carbocycles. The summed E-state index contributed by atoms with van der Waals surface area (Å²) >= 11 is 0. The molecule has 136 valence electrons. The lowest BCUT2D eigenvalue weighted by molar-refractivity contribution is 0.102. The van der Waals surface area contributed by atoms with E-state index in [9.17, 15) is 4.79 Å². The van der Waals surface area contributed by atoms with Gasteiger partial charge >= 0.3 is 0 Å². The summed E-state index contributed by atoms with van der Waals surface area (Å²) in [6.45, 7) is 0.504. The Hall–Kier alpha value is -3.41. The standard InChI is InChI=1S/C21H20N4O2/c26-20(19-12-13-22-21(25-19)24-17-6-7-17)23-16-8-10-18(11-9-16)27-14-15-4-2-1-3-5-15/h1-5,8-13,17H,6-7,14H2,(H,23,26)(H,22,24,25). The Balaban J connectivity index is 1.34. The molecule has 0 unspecified atom stereocenters. The Kier molecular flexibility index (Phi) is 4.96. The molecule has 0 saturated heterocycles. The zero-order chi connectivity index (χ0) is 18.5. The van der Waals surface area contributed by atoms with Crippen molar-refractivity contribution in [1.29, 1.82) is 0 Å². The van der Waals surface area contributed by atoms with Gasteiger partial charge in [0.15, 0.2) is 0 Å². The van der Waals surface area contributed by atoms with E-state index < -0.39 is 0 Å². The van der Waals surface area contributed by atoms with Gasteiger partial charge in [0.2, 0.25) is 5.95 Å². The van der Waals surface area contributed by atoms with Crippen LogP contribution in [0, 0.1) is 0 Å². The number of carbonyl (C=O) groups is 1. The molecule has 4 rings (SSSR count). The maximum atomic E-state index is 12.4. The zero-order valence-electron chi connectivity index (χ0n) is 14.8. The zero-order valence-corrected chi connectivity index (χ0v) is 14.8. The minimum absolute atomic E-state index is 0.269. The molecule has 1 saturated carbocycles. The van der Waals surface area contributed by atoms with Crippen LogP contribution >= 0.6 is 0 Å². The van der Waals surface area contributed by atoms with E-state index in [-0.39, 0.29) is 5.91 Å². The van der Waals surface area contributed by atoms with Crippen molar-refractivity contribution in [3.05, 3.63) is 78.1 Å². The van der Waals surface area contributed by atoms with Crippen LogP contribution in [0.5, 0.6) is 5.75 Å². The van der Waals surface area contributed by atoms with Crippen molar-refractivity contribution in [3.63, 3.8) is 0 Å². The third kappa shape index (κ3) is 4.82. The van der Waals surface area contributed by atoms with Crippen LogP contribution in [-0.4, -0.2) is 21.9 Å². The van der Waals surface area contributed by atoms with Gasteiger partial charge < -0.3 is 15.4 Å². The molecule has 2 aromatic carbocycles. The van der Waals surface area contributed by atoms with Crippen molar-refractivity contribution in [1.82, 2.24) is 9.97 Å².